The molecule has 0 amide bonds. The Morgan fingerprint density at radius 2 is 1.38 bits per heavy atom. The van der Waals surface area contributed by atoms with Crippen LogP contribution in [0.25, 0.3) is 0 Å². The van der Waals surface area contributed by atoms with Crippen LogP contribution in [0.2, 0.25) is 0 Å². The van der Waals surface area contributed by atoms with E-state index in [0.29, 0.717) is 0 Å². The summed E-state index contributed by atoms with van der Waals surface area (Å²) in [6.07, 6.45) is -3.43. The summed E-state index contributed by atoms with van der Waals surface area (Å²) in [7, 11) is 0. The third kappa shape index (κ3) is 9.70. The van der Waals surface area contributed by atoms with Gasteiger partial charge >= 0.3 is 41.8 Å². The van der Waals surface area contributed by atoms with Crippen LogP contribution in [0.4, 0.5) is 0 Å². The SMILES string of the molecule is C=C(C)C(=O)OCCc1c(C(=O)OC(COC(=O)C(=C)C)CC(CC(=O)O)C(=O)O)ccc(C(=O)O)c1C(=O)O. The molecule has 14 heteroatoms. The van der Waals surface area contributed by atoms with Gasteiger partial charge in [-0.15, -0.1) is 0 Å². The summed E-state index contributed by atoms with van der Waals surface area (Å²) in [5.74, 6) is -10.9. The van der Waals surface area contributed by atoms with Gasteiger partial charge in [0.05, 0.1) is 35.6 Å². The van der Waals surface area contributed by atoms with Crippen LogP contribution in [-0.4, -0.2) is 81.5 Å². The first-order valence-electron chi connectivity index (χ1n) is 11.5. The molecule has 0 heterocycles. The van der Waals surface area contributed by atoms with Gasteiger partial charge in [-0.05, 0) is 31.5 Å². The van der Waals surface area contributed by atoms with Crippen LogP contribution < -0.4 is 0 Å². The van der Waals surface area contributed by atoms with Crippen molar-refractivity contribution < 1.29 is 68.2 Å². The minimum Gasteiger partial charge on any atom is -0.481 e. The Hall–Kier alpha value is -5.01. The Labute approximate surface area is 227 Å². The molecule has 14 nitrogen and oxygen atoms in total. The topological polar surface area (TPSA) is 228 Å². The number of rotatable bonds is 16. The maximum atomic E-state index is 13.2. The van der Waals surface area contributed by atoms with Crippen molar-refractivity contribution >= 4 is 41.8 Å². The number of benzene rings is 1. The fraction of sp³-hybridized carbons (Fsp3) is 0.346. The highest BCUT2D eigenvalue weighted by atomic mass is 16.6. The third-order valence-corrected chi connectivity index (χ3v) is 5.25. The van der Waals surface area contributed by atoms with Gasteiger partial charge in [-0.25, -0.2) is 24.0 Å². The van der Waals surface area contributed by atoms with E-state index in [-0.39, 0.29) is 16.7 Å². The van der Waals surface area contributed by atoms with E-state index in [1.807, 2.05) is 0 Å². The molecule has 0 bridgehead atoms. The van der Waals surface area contributed by atoms with Crippen molar-refractivity contribution in [2.45, 2.75) is 39.2 Å². The lowest BCUT2D eigenvalue weighted by Crippen LogP contribution is -2.31. The Morgan fingerprint density at radius 1 is 0.825 bits per heavy atom. The molecule has 0 aliphatic heterocycles. The Morgan fingerprint density at radius 3 is 1.85 bits per heavy atom. The van der Waals surface area contributed by atoms with E-state index in [1.165, 1.54) is 13.8 Å². The molecular weight excluding hydrogens is 536 g/mol. The molecule has 0 aromatic heterocycles. The minimum atomic E-state index is -1.72. The fourth-order valence-electron chi connectivity index (χ4n) is 3.35. The van der Waals surface area contributed by atoms with Crippen LogP contribution in [0.3, 0.4) is 0 Å². The lowest BCUT2D eigenvalue weighted by atomic mass is 9.93. The maximum Gasteiger partial charge on any atom is 0.338 e. The molecule has 0 radical (unpaired) electrons. The molecule has 40 heavy (non-hydrogen) atoms. The zero-order valence-corrected chi connectivity index (χ0v) is 21.6. The molecule has 1 aromatic carbocycles. The summed E-state index contributed by atoms with van der Waals surface area (Å²) < 4.78 is 15.2. The van der Waals surface area contributed by atoms with E-state index in [1.54, 1.807) is 0 Å². The molecule has 0 aliphatic rings. The van der Waals surface area contributed by atoms with Crippen molar-refractivity contribution in [3.05, 3.63) is 58.7 Å². The van der Waals surface area contributed by atoms with Crippen LogP contribution in [0.5, 0.6) is 0 Å². The van der Waals surface area contributed by atoms with E-state index in [2.05, 4.69) is 13.2 Å². The van der Waals surface area contributed by atoms with Gasteiger partial charge in [0.2, 0.25) is 0 Å². The van der Waals surface area contributed by atoms with Crippen LogP contribution >= 0.6 is 0 Å². The van der Waals surface area contributed by atoms with Gasteiger partial charge in [-0.3, -0.25) is 9.59 Å². The Kier molecular flexibility index (Phi) is 12.2. The molecule has 2 atom stereocenters. The minimum absolute atomic E-state index is 0.0267. The third-order valence-electron chi connectivity index (χ3n) is 5.25. The lowest BCUT2D eigenvalue weighted by molar-refractivity contribution is -0.150. The second-order valence-corrected chi connectivity index (χ2v) is 8.57. The predicted molar refractivity (Wildman–Crippen MR) is 133 cm³/mol. The standard InChI is InChI=1S/C26H28O14/c1-12(2)24(35)38-8-7-16-17(5-6-18(22(31)32)20(16)23(33)34)26(37)40-15(11-39-25(36)13(3)4)9-14(21(29)30)10-19(27)28/h5-6,14-15H,1,3,7-11H2,2,4H3,(H,27,28)(H,29,30)(H,31,32)(H,33,34). The highest BCUT2D eigenvalue weighted by molar-refractivity contribution is 6.06. The van der Waals surface area contributed by atoms with Gasteiger partial charge in [0.1, 0.15) is 12.7 Å². The zero-order chi connectivity index (χ0) is 30.7. The number of esters is 3. The quantitative estimate of drug-likeness (QED) is 0.128. The van der Waals surface area contributed by atoms with Gasteiger partial charge in [-0.1, -0.05) is 13.2 Å². The number of carbonyl (C=O) groups is 7. The summed E-state index contributed by atoms with van der Waals surface area (Å²) in [6.45, 7) is 8.27. The first-order chi connectivity index (χ1) is 18.6. The summed E-state index contributed by atoms with van der Waals surface area (Å²) >= 11 is 0. The van der Waals surface area contributed by atoms with Crippen molar-refractivity contribution in [1.29, 1.82) is 0 Å². The fourth-order valence-corrected chi connectivity index (χ4v) is 3.35. The monoisotopic (exact) mass is 564 g/mol. The first-order valence-corrected chi connectivity index (χ1v) is 11.5. The second-order valence-electron chi connectivity index (χ2n) is 8.57. The number of aromatic carboxylic acids is 2. The molecule has 2 unspecified atom stereocenters. The van der Waals surface area contributed by atoms with E-state index in [4.69, 9.17) is 19.3 Å². The van der Waals surface area contributed by atoms with Crippen molar-refractivity contribution in [1.82, 2.24) is 0 Å². The molecule has 0 spiro atoms. The second kappa shape index (κ2) is 14.8. The lowest BCUT2D eigenvalue weighted by Gasteiger charge is -2.22. The number of hydrogen-bond acceptors (Lipinski definition) is 10. The molecule has 0 saturated carbocycles. The zero-order valence-electron chi connectivity index (χ0n) is 21.6. The van der Waals surface area contributed by atoms with E-state index in [9.17, 15) is 48.9 Å². The largest absolute Gasteiger partial charge is 0.481 e. The normalized spacial score (nSPS) is 11.8. The summed E-state index contributed by atoms with van der Waals surface area (Å²) in [5, 5.41) is 37.6. The Balaban J connectivity index is 3.49. The highest BCUT2D eigenvalue weighted by Crippen LogP contribution is 2.24. The number of carbonyl (C=O) groups excluding carboxylic acids is 3. The molecule has 0 saturated heterocycles. The summed E-state index contributed by atoms with van der Waals surface area (Å²) in [5.41, 5.74) is -2.30. The van der Waals surface area contributed by atoms with Crippen LogP contribution in [0.1, 0.15) is 63.3 Å². The number of carboxylic acid groups (broad SMARTS) is 4. The smallest absolute Gasteiger partial charge is 0.338 e. The first kappa shape index (κ1) is 33.0. The van der Waals surface area contributed by atoms with Gasteiger partial charge < -0.3 is 34.6 Å². The van der Waals surface area contributed by atoms with Crippen molar-refractivity contribution in [3.63, 3.8) is 0 Å². The molecule has 1 aromatic rings. The summed E-state index contributed by atoms with van der Waals surface area (Å²) in [4.78, 5) is 83.1. The molecule has 0 fully saturated rings. The highest BCUT2D eigenvalue weighted by Gasteiger charge is 2.31. The van der Waals surface area contributed by atoms with Crippen LogP contribution in [-0.2, 0) is 39.8 Å². The molecule has 0 aliphatic carbocycles. The van der Waals surface area contributed by atoms with E-state index < -0.39 is 103 Å². The molecule has 216 valence electrons. The van der Waals surface area contributed by atoms with Crippen LogP contribution in [0, 0.1) is 5.92 Å². The summed E-state index contributed by atoms with van der Waals surface area (Å²) in [6, 6.07) is 1.80. The van der Waals surface area contributed by atoms with Crippen molar-refractivity contribution in [3.8, 4) is 0 Å². The van der Waals surface area contributed by atoms with E-state index in [0.717, 1.165) is 12.1 Å². The Bertz CT molecular complexity index is 1240. The number of hydrogen-bond donors (Lipinski definition) is 4. The molecule has 4 N–H and O–H groups in total. The molecule has 1 rings (SSSR count). The van der Waals surface area contributed by atoms with Crippen molar-refractivity contribution in [2.24, 2.45) is 5.92 Å². The number of ether oxygens (including phenoxy) is 3. The van der Waals surface area contributed by atoms with Crippen molar-refractivity contribution in [2.75, 3.05) is 13.2 Å². The van der Waals surface area contributed by atoms with Gasteiger partial charge in [0.25, 0.3) is 0 Å². The van der Waals surface area contributed by atoms with Gasteiger partial charge in [0, 0.05) is 24.0 Å². The average molecular weight is 564 g/mol. The van der Waals surface area contributed by atoms with Gasteiger partial charge in [-0.2, -0.15) is 0 Å². The maximum absolute atomic E-state index is 13.2. The predicted octanol–water partition coefficient (Wildman–Crippen LogP) is 1.96. The van der Waals surface area contributed by atoms with E-state index >= 15 is 0 Å². The molecular formula is C26H28O14. The van der Waals surface area contributed by atoms with Gasteiger partial charge in [0.15, 0.2) is 0 Å². The number of carboxylic acids is 4. The van der Waals surface area contributed by atoms with Crippen LogP contribution in [0.15, 0.2) is 36.4 Å². The average Bonchev–Trinajstić information content (AvgIpc) is 2.85. The number of aliphatic carboxylic acids is 2.